The van der Waals surface area contributed by atoms with E-state index in [1.165, 1.54) is 6.20 Å². The Morgan fingerprint density at radius 3 is 2.42 bits per heavy atom. The number of amides is 1. The molecule has 0 saturated heterocycles. The van der Waals surface area contributed by atoms with E-state index in [4.69, 9.17) is 18.9 Å². The lowest BCUT2D eigenvalue weighted by atomic mass is 10.1. The largest absolute Gasteiger partial charge is 0.493 e. The third kappa shape index (κ3) is 6.33. The van der Waals surface area contributed by atoms with E-state index in [1.54, 1.807) is 61.8 Å². The van der Waals surface area contributed by atoms with Crippen LogP contribution >= 0.6 is 0 Å². The smallest absolute Gasteiger partial charge is 0.281 e. The first-order valence-corrected chi connectivity index (χ1v) is 13.6. The third-order valence-electron chi connectivity index (χ3n) is 6.51. The van der Waals surface area contributed by atoms with Gasteiger partial charge >= 0.3 is 0 Å². The normalized spacial score (nSPS) is 11.0. The first-order chi connectivity index (χ1) is 20.8. The van der Waals surface area contributed by atoms with E-state index in [9.17, 15) is 4.79 Å². The van der Waals surface area contributed by atoms with Crippen LogP contribution in [0, 0.1) is 6.92 Å². The van der Waals surface area contributed by atoms with Gasteiger partial charge in [-0.1, -0.05) is 0 Å². The van der Waals surface area contributed by atoms with Crippen molar-refractivity contribution in [3.05, 3.63) is 78.1 Å². The van der Waals surface area contributed by atoms with Crippen LogP contribution in [0.15, 0.2) is 61.2 Å². The summed E-state index contributed by atoms with van der Waals surface area (Å²) in [5, 5.41) is 8.15. The van der Waals surface area contributed by atoms with Gasteiger partial charge in [0.2, 0.25) is 0 Å². The number of hydrogen-bond donors (Lipinski definition) is 1. The number of ether oxygens (including phenoxy) is 4. The highest BCUT2D eigenvalue weighted by molar-refractivity contribution is 6.04. The van der Waals surface area contributed by atoms with E-state index in [2.05, 4.69) is 30.3 Å². The molecule has 12 nitrogen and oxygen atoms in total. The fraction of sp³-hybridized carbons (Fsp3) is 0.258. The van der Waals surface area contributed by atoms with Crippen LogP contribution in [0.2, 0.25) is 0 Å². The number of nitrogens with one attached hydrogen (secondary N) is 1. The molecule has 5 aromatic rings. The predicted octanol–water partition coefficient (Wildman–Crippen LogP) is 5.04. The Balaban J connectivity index is 1.37. The molecule has 4 aromatic heterocycles. The van der Waals surface area contributed by atoms with Gasteiger partial charge in [-0.15, -0.1) is 0 Å². The molecule has 0 saturated carbocycles. The van der Waals surface area contributed by atoms with Gasteiger partial charge in [-0.25, -0.2) is 9.67 Å². The van der Waals surface area contributed by atoms with E-state index in [1.807, 2.05) is 40.1 Å². The number of hydrogen-bond acceptors (Lipinski definition) is 10. The average molecular weight is 584 g/mol. The highest BCUT2D eigenvalue weighted by Crippen LogP contribution is 2.37. The lowest BCUT2D eigenvalue weighted by Crippen LogP contribution is -2.16. The SMILES string of the molecule is CCOc1cn(-c2c(CN(C)C)ccnc2C)nc1C(=O)Nc1ccc(Oc2ccnc3cc(OC)c(OC)cc23)cn1. The maximum absolute atomic E-state index is 13.3. The molecule has 0 fully saturated rings. The van der Waals surface area contributed by atoms with Gasteiger partial charge in [-0.3, -0.25) is 14.8 Å². The zero-order chi connectivity index (χ0) is 30.5. The fourth-order valence-corrected chi connectivity index (χ4v) is 4.64. The van der Waals surface area contributed by atoms with E-state index in [0.717, 1.165) is 22.3 Å². The summed E-state index contributed by atoms with van der Waals surface area (Å²) in [7, 11) is 7.12. The summed E-state index contributed by atoms with van der Waals surface area (Å²) in [5.74, 6) is 2.40. The van der Waals surface area contributed by atoms with Gasteiger partial charge in [0, 0.05) is 30.4 Å². The van der Waals surface area contributed by atoms with E-state index in [-0.39, 0.29) is 5.69 Å². The first-order valence-electron chi connectivity index (χ1n) is 13.6. The zero-order valence-corrected chi connectivity index (χ0v) is 24.9. The number of carbonyl (C=O) groups is 1. The fourth-order valence-electron chi connectivity index (χ4n) is 4.64. The Morgan fingerprint density at radius 1 is 0.953 bits per heavy atom. The van der Waals surface area contributed by atoms with Crippen molar-refractivity contribution in [2.45, 2.75) is 20.4 Å². The molecule has 0 aliphatic rings. The number of benzene rings is 1. The highest BCUT2D eigenvalue weighted by atomic mass is 16.5. The number of fused-ring (bicyclic) bond motifs is 1. The van der Waals surface area contributed by atoms with E-state index < -0.39 is 5.91 Å². The molecule has 0 bridgehead atoms. The Labute approximate surface area is 249 Å². The standard InChI is InChI=1S/C31H33N7O5/c1-7-42-27-18-38(30-19(2)32-12-10-20(30)17-37(3)4)36-29(27)31(39)35-28-9-8-21(16-34-28)43-24-11-13-33-23-15-26(41-6)25(40-5)14-22(23)24/h8-16,18H,7,17H2,1-6H3,(H,34,35,39). The van der Waals surface area contributed by atoms with Crippen molar-refractivity contribution in [2.24, 2.45) is 0 Å². The topological polar surface area (TPSA) is 126 Å². The summed E-state index contributed by atoms with van der Waals surface area (Å²) >= 11 is 0. The van der Waals surface area contributed by atoms with Crippen LogP contribution in [0.4, 0.5) is 5.82 Å². The molecular formula is C31H33N7O5. The van der Waals surface area contributed by atoms with Crippen LogP contribution in [-0.4, -0.2) is 70.5 Å². The number of rotatable bonds is 11. The molecule has 12 heteroatoms. The summed E-state index contributed by atoms with van der Waals surface area (Å²) in [5.41, 5.74) is 3.43. The van der Waals surface area contributed by atoms with Crippen LogP contribution in [0.5, 0.6) is 28.7 Å². The molecule has 4 heterocycles. The van der Waals surface area contributed by atoms with E-state index in [0.29, 0.717) is 53.2 Å². The van der Waals surface area contributed by atoms with Gasteiger partial charge < -0.3 is 29.2 Å². The maximum atomic E-state index is 13.3. The summed E-state index contributed by atoms with van der Waals surface area (Å²) in [6.07, 6.45) is 6.65. The van der Waals surface area contributed by atoms with Crippen LogP contribution < -0.4 is 24.3 Å². The molecule has 1 amide bonds. The number of pyridine rings is 3. The number of carbonyl (C=O) groups excluding carboxylic acids is 1. The van der Waals surface area contributed by atoms with Gasteiger partial charge in [0.15, 0.2) is 22.9 Å². The van der Waals surface area contributed by atoms with Crippen LogP contribution in [0.1, 0.15) is 28.7 Å². The Kier molecular flexibility index (Phi) is 8.67. The molecule has 1 aromatic carbocycles. The molecule has 1 N–H and O–H groups in total. The van der Waals surface area contributed by atoms with Crippen molar-refractivity contribution < 1.29 is 23.7 Å². The zero-order valence-electron chi connectivity index (χ0n) is 24.9. The molecule has 0 aliphatic carbocycles. The van der Waals surface area contributed by atoms with Crippen LogP contribution in [0.25, 0.3) is 16.6 Å². The van der Waals surface area contributed by atoms with Gasteiger partial charge in [-0.2, -0.15) is 5.10 Å². The molecule has 0 aliphatic heterocycles. The minimum atomic E-state index is -0.458. The van der Waals surface area contributed by atoms with Crippen LogP contribution in [0.3, 0.4) is 0 Å². The quantitative estimate of drug-likeness (QED) is 0.226. The minimum absolute atomic E-state index is 0.135. The second-order valence-corrected chi connectivity index (χ2v) is 9.83. The number of anilines is 1. The predicted molar refractivity (Wildman–Crippen MR) is 162 cm³/mol. The van der Waals surface area contributed by atoms with Gasteiger partial charge in [0.25, 0.3) is 5.91 Å². The number of nitrogens with zero attached hydrogens (tertiary/aromatic N) is 6. The van der Waals surface area contributed by atoms with Gasteiger partial charge in [0.1, 0.15) is 17.3 Å². The average Bonchev–Trinajstić information content (AvgIpc) is 3.41. The van der Waals surface area contributed by atoms with Crippen LogP contribution in [-0.2, 0) is 6.54 Å². The summed E-state index contributed by atoms with van der Waals surface area (Å²) in [6.45, 7) is 4.81. The monoisotopic (exact) mass is 583 g/mol. The van der Waals surface area contributed by atoms with E-state index >= 15 is 0 Å². The number of aryl methyl sites for hydroxylation is 1. The summed E-state index contributed by atoms with van der Waals surface area (Å²) < 4.78 is 24.3. The van der Waals surface area contributed by atoms with Crippen molar-refractivity contribution in [3.8, 4) is 34.4 Å². The third-order valence-corrected chi connectivity index (χ3v) is 6.51. The highest BCUT2D eigenvalue weighted by Gasteiger charge is 2.22. The lowest BCUT2D eigenvalue weighted by Gasteiger charge is -2.15. The molecule has 0 radical (unpaired) electrons. The second-order valence-electron chi connectivity index (χ2n) is 9.83. The molecule has 5 rings (SSSR count). The molecule has 0 unspecified atom stereocenters. The lowest BCUT2D eigenvalue weighted by molar-refractivity contribution is 0.101. The number of methoxy groups -OCH3 is 2. The van der Waals surface area contributed by atoms with Gasteiger partial charge in [-0.05, 0) is 63.8 Å². The summed E-state index contributed by atoms with van der Waals surface area (Å²) in [6, 6.07) is 10.7. The summed E-state index contributed by atoms with van der Waals surface area (Å²) in [4.78, 5) is 28.6. The Morgan fingerprint density at radius 2 is 1.72 bits per heavy atom. The first kappa shape index (κ1) is 29.3. The van der Waals surface area contributed by atoms with Crippen molar-refractivity contribution in [1.82, 2.24) is 29.6 Å². The second kappa shape index (κ2) is 12.7. The number of aromatic nitrogens is 5. The Bertz CT molecular complexity index is 1750. The molecule has 0 atom stereocenters. The van der Waals surface area contributed by atoms with Crippen molar-refractivity contribution in [2.75, 3.05) is 40.2 Å². The molecule has 0 spiro atoms. The minimum Gasteiger partial charge on any atom is -0.493 e. The van der Waals surface area contributed by atoms with Gasteiger partial charge in [0.05, 0.1) is 50.1 Å². The van der Waals surface area contributed by atoms with Crippen molar-refractivity contribution in [3.63, 3.8) is 0 Å². The molecule has 222 valence electrons. The maximum Gasteiger partial charge on any atom is 0.281 e. The molecular weight excluding hydrogens is 550 g/mol. The molecule has 43 heavy (non-hydrogen) atoms. The van der Waals surface area contributed by atoms with Crippen molar-refractivity contribution >= 4 is 22.6 Å². The Hall–Kier alpha value is -5.23. The van der Waals surface area contributed by atoms with Crippen molar-refractivity contribution in [1.29, 1.82) is 0 Å².